The van der Waals surface area contributed by atoms with Crippen molar-refractivity contribution in [3.05, 3.63) is 41.0 Å². The highest BCUT2D eigenvalue weighted by atomic mass is 16.2. The molecular weight excluding hydrogens is 190 g/mol. The van der Waals surface area contributed by atoms with Crippen molar-refractivity contribution in [1.29, 1.82) is 0 Å². The van der Waals surface area contributed by atoms with E-state index in [-0.39, 0.29) is 18.2 Å². The number of hydrogen-bond donors (Lipinski definition) is 1. The van der Waals surface area contributed by atoms with Crippen molar-refractivity contribution in [3.8, 4) is 0 Å². The molecule has 0 atom stereocenters. The highest BCUT2D eigenvalue weighted by molar-refractivity contribution is 6.15. The van der Waals surface area contributed by atoms with Gasteiger partial charge in [0.25, 0.3) is 5.91 Å². The topological polar surface area (TPSA) is 46.2 Å². The van der Waals surface area contributed by atoms with Gasteiger partial charge in [0.15, 0.2) is 0 Å². The van der Waals surface area contributed by atoms with Crippen LogP contribution in [0.3, 0.4) is 0 Å². The molecule has 1 aliphatic heterocycles. The number of benzene rings is 1. The maximum absolute atomic E-state index is 11.3. The van der Waals surface area contributed by atoms with Crippen molar-refractivity contribution in [2.75, 3.05) is 0 Å². The minimum atomic E-state index is -0.276. The third kappa shape index (κ3) is 2.13. The molecule has 1 saturated heterocycles. The van der Waals surface area contributed by atoms with Gasteiger partial charge in [0, 0.05) is 5.57 Å². The van der Waals surface area contributed by atoms with Gasteiger partial charge in [0.1, 0.15) is 0 Å². The minimum absolute atomic E-state index is 0.187. The first-order valence-electron chi connectivity index (χ1n) is 4.76. The maximum Gasteiger partial charge on any atom is 0.254 e. The second-order valence-electron chi connectivity index (χ2n) is 3.64. The van der Waals surface area contributed by atoms with Crippen molar-refractivity contribution in [2.24, 2.45) is 0 Å². The molecule has 1 fully saturated rings. The van der Waals surface area contributed by atoms with E-state index in [4.69, 9.17) is 0 Å². The van der Waals surface area contributed by atoms with Gasteiger partial charge in [0.2, 0.25) is 5.91 Å². The van der Waals surface area contributed by atoms with Gasteiger partial charge in [0.05, 0.1) is 6.42 Å². The number of carbonyl (C=O) groups is 2. The van der Waals surface area contributed by atoms with Gasteiger partial charge in [-0.2, -0.15) is 0 Å². The number of nitrogens with one attached hydrogen (secondary N) is 1. The molecule has 0 unspecified atom stereocenters. The molecular formula is C12H11NO2. The summed E-state index contributed by atoms with van der Waals surface area (Å²) >= 11 is 0. The van der Waals surface area contributed by atoms with Gasteiger partial charge in [-0.3, -0.25) is 14.9 Å². The van der Waals surface area contributed by atoms with E-state index >= 15 is 0 Å². The molecule has 1 N–H and O–H groups in total. The first-order chi connectivity index (χ1) is 7.15. The van der Waals surface area contributed by atoms with Gasteiger partial charge in [-0.25, -0.2) is 0 Å². The largest absolute Gasteiger partial charge is 0.292 e. The lowest BCUT2D eigenvalue weighted by atomic mass is 10.1. The fourth-order valence-corrected chi connectivity index (χ4v) is 1.58. The lowest BCUT2D eigenvalue weighted by Gasteiger charge is -1.96. The Balaban J connectivity index is 2.31. The Morgan fingerprint density at radius 1 is 1.33 bits per heavy atom. The zero-order valence-corrected chi connectivity index (χ0v) is 8.41. The summed E-state index contributed by atoms with van der Waals surface area (Å²) in [5.41, 5.74) is 2.62. The van der Waals surface area contributed by atoms with E-state index < -0.39 is 0 Å². The van der Waals surface area contributed by atoms with Gasteiger partial charge >= 0.3 is 0 Å². The molecule has 15 heavy (non-hydrogen) atoms. The van der Waals surface area contributed by atoms with Gasteiger partial charge < -0.3 is 0 Å². The van der Waals surface area contributed by atoms with Crippen LogP contribution in [-0.2, 0) is 9.59 Å². The first kappa shape index (κ1) is 9.65. The second-order valence-corrected chi connectivity index (χ2v) is 3.64. The Hall–Kier alpha value is -1.90. The van der Waals surface area contributed by atoms with E-state index in [0.717, 1.165) is 11.1 Å². The van der Waals surface area contributed by atoms with Crippen LogP contribution in [-0.4, -0.2) is 11.8 Å². The monoisotopic (exact) mass is 201 g/mol. The predicted octanol–water partition coefficient (Wildman–Crippen LogP) is 1.42. The van der Waals surface area contributed by atoms with Crippen LogP contribution in [0, 0.1) is 6.92 Å². The number of amides is 2. The highest BCUT2D eigenvalue weighted by Crippen LogP contribution is 2.15. The maximum atomic E-state index is 11.3. The van der Waals surface area contributed by atoms with E-state index in [1.807, 2.05) is 31.2 Å². The number of aryl methyl sites for hydroxylation is 1. The van der Waals surface area contributed by atoms with Crippen molar-refractivity contribution in [3.63, 3.8) is 0 Å². The van der Waals surface area contributed by atoms with E-state index in [2.05, 4.69) is 5.32 Å². The SMILES string of the molecule is Cc1cccc(/C=C2\CC(=O)NC2=O)c1. The minimum Gasteiger partial charge on any atom is -0.292 e. The van der Waals surface area contributed by atoms with Crippen molar-refractivity contribution in [2.45, 2.75) is 13.3 Å². The zero-order chi connectivity index (χ0) is 10.8. The normalized spacial score (nSPS) is 18.3. The molecule has 1 aromatic rings. The molecule has 1 aromatic carbocycles. The van der Waals surface area contributed by atoms with Crippen LogP contribution in [0.15, 0.2) is 29.8 Å². The van der Waals surface area contributed by atoms with Crippen LogP contribution in [0.2, 0.25) is 0 Å². The Morgan fingerprint density at radius 2 is 2.13 bits per heavy atom. The molecule has 0 bridgehead atoms. The van der Waals surface area contributed by atoms with Gasteiger partial charge in [-0.15, -0.1) is 0 Å². The lowest BCUT2D eigenvalue weighted by Crippen LogP contribution is -2.19. The summed E-state index contributed by atoms with van der Waals surface area (Å²) in [6.45, 7) is 1.99. The Morgan fingerprint density at radius 3 is 2.73 bits per heavy atom. The quantitative estimate of drug-likeness (QED) is 0.551. The molecule has 0 saturated carbocycles. The van der Waals surface area contributed by atoms with Crippen LogP contribution >= 0.6 is 0 Å². The fourth-order valence-electron chi connectivity index (χ4n) is 1.58. The third-order valence-electron chi connectivity index (χ3n) is 2.28. The summed E-state index contributed by atoms with van der Waals surface area (Å²) in [4.78, 5) is 22.2. The molecule has 1 aliphatic rings. The molecule has 0 radical (unpaired) electrons. The number of carbonyl (C=O) groups excluding carboxylic acids is 2. The van der Waals surface area contributed by atoms with Crippen molar-refractivity contribution in [1.82, 2.24) is 5.32 Å². The van der Waals surface area contributed by atoms with Crippen LogP contribution in [0.5, 0.6) is 0 Å². The Labute approximate surface area is 87.8 Å². The Bertz CT molecular complexity index is 460. The fraction of sp³-hybridized carbons (Fsp3) is 0.167. The molecule has 1 heterocycles. The van der Waals surface area contributed by atoms with E-state index in [1.54, 1.807) is 6.08 Å². The first-order valence-corrected chi connectivity index (χ1v) is 4.76. The van der Waals surface area contributed by atoms with Gasteiger partial charge in [-0.05, 0) is 18.6 Å². The average molecular weight is 201 g/mol. The number of hydrogen-bond acceptors (Lipinski definition) is 2. The molecule has 2 rings (SSSR count). The summed E-state index contributed by atoms with van der Waals surface area (Å²) in [5.74, 6) is -0.500. The molecule has 3 nitrogen and oxygen atoms in total. The number of rotatable bonds is 1. The molecule has 0 spiro atoms. The lowest BCUT2D eigenvalue weighted by molar-refractivity contribution is -0.124. The molecule has 0 aliphatic carbocycles. The van der Waals surface area contributed by atoms with E-state index in [1.165, 1.54) is 0 Å². The van der Waals surface area contributed by atoms with Crippen LogP contribution in [0.4, 0.5) is 0 Å². The molecule has 3 heteroatoms. The van der Waals surface area contributed by atoms with Crippen molar-refractivity contribution >= 4 is 17.9 Å². The summed E-state index contributed by atoms with van der Waals surface area (Å²) in [7, 11) is 0. The van der Waals surface area contributed by atoms with Crippen LogP contribution in [0.25, 0.3) is 6.08 Å². The standard InChI is InChI=1S/C12H11NO2/c1-8-3-2-4-9(5-8)6-10-7-11(14)13-12(10)15/h2-6H,7H2,1H3,(H,13,14,15)/b10-6+. The Kier molecular flexibility index (Phi) is 2.37. The predicted molar refractivity (Wildman–Crippen MR) is 56.9 cm³/mol. The van der Waals surface area contributed by atoms with Crippen LogP contribution < -0.4 is 5.32 Å². The second kappa shape index (κ2) is 3.69. The van der Waals surface area contributed by atoms with Crippen LogP contribution in [0.1, 0.15) is 17.5 Å². The smallest absolute Gasteiger partial charge is 0.254 e. The van der Waals surface area contributed by atoms with E-state index in [9.17, 15) is 9.59 Å². The highest BCUT2D eigenvalue weighted by Gasteiger charge is 2.23. The number of imide groups is 1. The summed E-state index contributed by atoms with van der Waals surface area (Å²) in [6, 6.07) is 7.80. The van der Waals surface area contributed by atoms with Gasteiger partial charge in [-0.1, -0.05) is 29.8 Å². The zero-order valence-electron chi connectivity index (χ0n) is 8.41. The third-order valence-corrected chi connectivity index (χ3v) is 2.28. The average Bonchev–Trinajstić information content (AvgIpc) is 2.45. The summed E-state index contributed by atoms with van der Waals surface area (Å²) in [6.07, 6.45) is 1.94. The molecule has 0 aromatic heterocycles. The summed E-state index contributed by atoms with van der Waals surface area (Å²) in [5, 5.41) is 2.26. The van der Waals surface area contributed by atoms with Crippen molar-refractivity contribution < 1.29 is 9.59 Å². The summed E-state index contributed by atoms with van der Waals surface area (Å²) < 4.78 is 0. The molecule has 76 valence electrons. The van der Waals surface area contributed by atoms with E-state index in [0.29, 0.717) is 5.57 Å². The molecule has 2 amide bonds.